The van der Waals surface area contributed by atoms with E-state index in [-0.39, 0.29) is 22.9 Å². The molecule has 1 atom stereocenters. The van der Waals surface area contributed by atoms with Crippen LogP contribution in [0, 0.1) is 5.82 Å². The number of hydrogen-bond acceptors (Lipinski definition) is 3. The average molecular weight is 445 g/mol. The third-order valence-corrected chi connectivity index (χ3v) is 5.96. The summed E-state index contributed by atoms with van der Waals surface area (Å²) in [4.78, 5) is 18.7. The van der Waals surface area contributed by atoms with Gasteiger partial charge < -0.3 is 4.74 Å². The molecule has 154 valence electrons. The molecular weight excluding hydrogens is 426 g/mol. The van der Waals surface area contributed by atoms with Crippen molar-refractivity contribution in [1.29, 1.82) is 0 Å². The van der Waals surface area contributed by atoms with Crippen LogP contribution in [-0.4, -0.2) is 22.5 Å². The lowest BCUT2D eigenvalue weighted by Gasteiger charge is -2.50. The molecule has 0 spiro atoms. The van der Waals surface area contributed by atoms with E-state index >= 15 is 0 Å². The molecule has 0 aliphatic carbocycles. The van der Waals surface area contributed by atoms with Gasteiger partial charge >= 0.3 is 6.09 Å². The molecule has 1 saturated heterocycles. The van der Waals surface area contributed by atoms with Crippen molar-refractivity contribution in [2.45, 2.75) is 25.5 Å². The summed E-state index contributed by atoms with van der Waals surface area (Å²) in [7, 11) is 0. The third-order valence-electron chi connectivity index (χ3n) is 5.47. The number of carbonyl (C=O) groups is 1. The lowest BCUT2D eigenvalue weighted by atomic mass is 9.80. The van der Waals surface area contributed by atoms with Crippen molar-refractivity contribution in [3.05, 3.63) is 87.8 Å². The van der Waals surface area contributed by atoms with Crippen LogP contribution >= 0.6 is 23.2 Å². The fourth-order valence-corrected chi connectivity index (χ4v) is 3.95. The summed E-state index contributed by atoms with van der Waals surface area (Å²) in [5, 5.41) is 0.297. The molecule has 7 heteroatoms. The van der Waals surface area contributed by atoms with Gasteiger partial charge in [0.05, 0.1) is 16.3 Å². The monoisotopic (exact) mass is 444 g/mol. The normalized spacial score (nSPS) is 18.1. The highest BCUT2D eigenvalue weighted by Gasteiger charge is 2.46. The van der Waals surface area contributed by atoms with E-state index in [4.69, 9.17) is 27.9 Å². The molecule has 0 saturated carbocycles. The van der Waals surface area contributed by atoms with E-state index in [1.165, 1.54) is 12.1 Å². The maximum atomic E-state index is 13.5. The van der Waals surface area contributed by atoms with Crippen molar-refractivity contribution in [2.75, 3.05) is 6.54 Å². The van der Waals surface area contributed by atoms with Gasteiger partial charge in [0.2, 0.25) is 0 Å². The van der Waals surface area contributed by atoms with E-state index in [2.05, 4.69) is 4.98 Å². The van der Waals surface area contributed by atoms with Crippen LogP contribution in [0.3, 0.4) is 0 Å². The second-order valence-corrected chi connectivity index (χ2v) is 8.20. The SMILES string of the molecule is CC1(c2cc(Cl)nc(-c3ccc(F)c(Cl)c3)c2)CCN1C(=O)OCc1ccccc1. The van der Waals surface area contributed by atoms with Crippen LogP contribution in [0.4, 0.5) is 9.18 Å². The number of benzene rings is 2. The third kappa shape index (κ3) is 4.00. The molecule has 2 heterocycles. The van der Waals surface area contributed by atoms with E-state index < -0.39 is 11.4 Å². The van der Waals surface area contributed by atoms with Crippen LogP contribution < -0.4 is 0 Å². The molecule has 2 aromatic carbocycles. The van der Waals surface area contributed by atoms with Crippen LogP contribution in [0.1, 0.15) is 24.5 Å². The minimum atomic E-state index is -0.571. The summed E-state index contributed by atoms with van der Waals surface area (Å²) in [5.74, 6) is -0.499. The molecule has 1 unspecified atom stereocenters. The van der Waals surface area contributed by atoms with Crippen molar-refractivity contribution in [3.63, 3.8) is 0 Å². The van der Waals surface area contributed by atoms with Gasteiger partial charge in [-0.2, -0.15) is 0 Å². The first-order valence-electron chi connectivity index (χ1n) is 9.49. The number of nitrogens with zero attached hydrogens (tertiary/aromatic N) is 2. The van der Waals surface area contributed by atoms with Gasteiger partial charge in [-0.15, -0.1) is 0 Å². The van der Waals surface area contributed by atoms with Gasteiger partial charge in [-0.3, -0.25) is 4.90 Å². The molecule has 0 radical (unpaired) electrons. The predicted octanol–water partition coefficient (Wildman–Crippen LogP) is 6.45. The van der Waals surface area contributed by atoms with Gasteiger partial charge in [-0.1, -0.05) is 53.5 Å². The highest BCUT2D eigenvalue weighted by atomic mass is 35.5. The number of carbonyl (C=O) groups excluding carboxylic acids is 1. The average Bonchev–Trinajstić information content (AvgIpc) is 2.73. The predicted molar refractivity (Wildman–Crippen MR) is 115 cm³/mol. The van der Waals surface area contributed by atoms with Gasteiger partial charge in [0.1, 0.15) is 17.6 Å². The highest BCUT2D eigenvalue weighted by molar-refractivity contribution is 6.31. The van der Waals surface area contributed by atoms with Gasteiger partial charge in [0, 0.05) is 12.1 Å². The number of pyridine rings is 1. The lowest BCUT2D eigenvalue weighted by molar-refractivity contribution is -0.00979. The molecule has 1 aliphatic rings. The highest BCUT2D eigenvalue weighted by Crippen LogP contribution is 2.42. The molecule has 1 aliphatic heterocycles. The summed E-state index contributed by atoms with van der Waals surface area (Å²) in [5.41, 5.74) is 2.40. The Hall–Kier alpha value is -2.63. The quantitative estimate of drug-likeness (QED) is 0.434. The lowest BCUT2D eigenvalue weighted by Crippen LogP contribution is -2.58. The first kappa shape index (κ1) is 20.6. The molecule has 4 nitrogen and oxygen atoms in total. The largest absolute Gasteiger partial charge is 0.445 e. The van der Waals surface area contributed by atoms with Gasteiger partial charge in [-0.25, -0.2) is 14.2 Å². The van der Waals surface area contributed by atoms with Crippen LogP contribution in [0.25, 0.3) is 11.3 Å². The Morgan fingerprint density at radius 3 is 2.60 bits per heavy atom. The second-order valence-electron chi connectivity index (χ2n) is 7.41. The smallest absolute Gasteiger partial charge is 0.410 e. The fraction of sp³-hybridized carbons (Fsp3) is 0.217. The zero-order chi connectivity index (χ0) is 21.3. The zero-order valence-corrected chi connectivity index (χ0v) is 17.8. The Labute approximate surface area is 184 Å². The number of aromatic nitrogens is 1. The van der Waals surface area contributed by atoms with E-state index in [9.17, 15) is 9.18 Å². The molecule has 1 fully saturated rings. The first-order chi connectivity index (χ1) is 14.4. The maximum Gasteiger partial charge on any atom is 0.410 e. The topological polar surface area (TPSA) is 42.4 Å². The van der Waals surface area contributed by atoms with Crippen molar-refractivity contribution in [3.8, 4) is 11.3 Å². The Morgan fingerprint density at radius 1 is 1.17 bits per heavy atom. The van der Waals surface area contributed by atoms with Gasteiger partial charge in [-0.05, 0) is 54.8 Å². The van der Waals surface area contributed by atoms with Crippen LogP contribution in [-0.2, 0) is 16.9 Å². The van der Waals surface area contributed by atoms with Gasteiger partial charge in [0.25, 0.3) is 0 Å². The van der Waals surface area contributed by atoms with Crippen molar-refractivity contribution < 1.29 is 13.9 Å². The minimum absolute atomic E-state index is 0.0109. The number of likely N-dealkylation sites (tertiary alicyclic amines) is 1. The summed E-state index contributed by atoms with van der Waals surface area (Å²) >= 11 is 12.2. The number of halogens is 3. The Balaban J connectivity index is 1.57. The van der Waals surface area contributed by atoms with E-state index in [0.29, 0.717) is 17.8 Å². The molecule has 30 heavy (non-hydrogen) atoms. The van der Waals surface area contributed by atoms with Crippen LogP contribution in [0.15, 0.2) is 60.7 Å². The van der Waals surface area contributed by atoms with Crippen molar-refractivity contribution in [1.82, 2.24) is 9.88 Å². The molecule has 0 N–H and O–H groups in total. The van der Waals surface area contributed by atoms with Crippen molar-refractivity contribution in [2.24, 2.45) is 0 Å². The Bertz CT molecular complexity index is 1090. The summed E-state index contributed by atoms with van der Waals surface area (Å²) < 4.78 is 19.0. The molecular formula is C23H19Cl2FN2O2. The van der Waals surface area contributed by atoms with Crippen molar-refractivity contribution >= 4 is 29.3 Å². The van der Waals surface area contributed by atoms with Crippen LogP contribution in [0.5, 0.6) is 0 Å². The fourth-order valence-electron chi connectivity index (χ4n) is 3.56. The van der Waals surface area contributed by atoms with E-state index in [1.54, 1.807) is 17.0 Å². The zero-order valence-electron chi connectivity index (χ0n) is 16.2. The van der Waals surface area contributed by atoms with Crippen LogP contribution in [0.2, 0.25) is 10.2 Å². The first-order valence-corrected chi connectivity index (χ1v) is 10.2. The number of amides is 1. The second kappa shape index (κ2) is 8.25. The molecule has 4 rings (SSSR count). The van der Waals surface area contributed by atoms with Gasteiger partial charge in [0.15, 0.2) is 0 Å². The number of hydrogen-bond donors (Lipinski definition) is 0. The molecule has 1 amide bonds. The van der Waals surface area contributed by atoms with E-state index in [1.807, 2.05) is 43.3 Å². The maximum absolute atomic E-state index is 13.5. The standard InChI is InChI=1S/C23H19Cl2FN2O2/c1-23(9-10-28(23)22(29)30-14-15-5-3-2-4-6-15)17-12-20(27-21(25)13-17)16-7-8-19(26)18(24)11-16/h2-8,11-13H,9-10,14H2,1H3. The summed E-state index contributed by atoms with van der Waals surface area (Å²) in [6.45, 7) is 2.76. The summed E-state index contributed by atoms with van der Waals surface area (Å²) in [6.07, 6.45) is 0.379. The molecule has 1 aromatic heterocycles. The minimum Gasteiger partial charge on any atom is -0.445 e. The Morgan fingerprint density at radius 2 is 1.93 bits per heavy atom. The van der Waals surface area contributed by atoms with E-state index in [0.717, 1.165) is 17.5 Å². The molecule has 3 aromatic rings. The number of rotatable bonds is 4. The molecule has 0 bridgehead atoms. The Kier molecular flexibility index (Phi) is 5.67. The summed E-state index contributed by atoms with van der Waals surface area (Å²) in [6, 6.07) is 17.5. The number of ether oxygens (including phenoxy) is 1.